The molecule has 2 aromatic rings. The standard InChI is InChI=1S/C16H19ClN4S/c1-11(2)10-19-16(22)20-14(15-18-8-9-21(15)3)12-4-6-13(17)7-5-12/h4-9,14H,1,10H2,2-3H3,(H2,19,20,22)/t14-/m1/s1. The predicted octanol–water partition coefficient (Wildman–Crippen LogP) is 3.20. The molecular formula is C16H19ClN4S. The van der Waals surface area contributed by atoms with E-state index in [4.69, 9.17) is 23.8 Å². The van der Waals surface area contributed by atoms with Crippen LogP contribution in [0.15, 0.2) is 48.8 Å². The van der Waals surface area contributed by atoms with Crippen LogP contribution in [0.1, 0.15) is 24.4 Å². The van der Waals surface area contributed by atoms with Gasteiger partial charge in [0.1, 0.15) is 11.9 Å². The number of benzene rings is 1. The summed E-state index contributed by atoms with van der Waals surface area (Å²) in [5.41, 5.74) is 2.06. The number of halogens is 1. The van der Waals surface area contributed by atoms with Gasteiger partial charge in [0.15, 0.2) is 5.11 Å². The van der Waals surface area contributed by atoms with Crippen LogP contribution in [0.2, 0.25) is 5.02 Å². The highest BCUT2D eigenvalue weighted by Gasteiger charge is 2.19. The highest BCUT2D eigenvalue weighted by atomic mass is 35.5. The van der Waals surface area contributed by atoms with Gasteiger partial charge in [0, 0.05) is 31.0 Å². The Morgan fingerprint density at radius 2 is 2.09 bits per heavy atom. The lowest BCUT2D eigenvalue weighted by Gasteiger charge is -2.21. The minimum absolute atomic E-state index is 0.151. The fraction of sp³-hybridized carbons (Fsp3) is 0.250. The first-order chi connectivity index (χ1) is 10.5. The van der Waals surface area contributed by atoms with E-state index in [1.807, 2.05) is 49.0 Å². The van der Waals surface area contributed by atoms with Crippen LogP contribution >= 0.6 is 23.8 Å². The average molecular weight is 335 g/mol. The van der Waals surface area contributed by atoms with Crippen molar-refractivity contribution in [1.82, 2.24) is 20.2 Å². The fourth-order valence-electron chi connectivity index (χ4n) is 2.02. The Hall–Kier alpha value is -1.85. The second kappa shape index (κ2) is 7.42. The number of nitrogens with zero attached hydrogens (tertiary/aromatic N) is 2. The first kappa shape index (κ1) is 16.5. The molecule has 0 unspecified atom stereocenters. The number of thiocarbonyl (C=S) groups is 1. The minimum Gasteiger partial charge on any atom is -0.359 e. The summed E-state index contributed by atoms with van der Waals surface area (Å²) in [6.07, 6.45) is 3.68. The molecule has 1 aromatic carbocycles. The van der Waals surface area contributed by atoms with Gasteiger partial charge in [-0.05, 0) is 36.8 Å². The maximum absolute atomic E-state index is 5.97. The van der Waals surface area contributed by atoms with E-state index < -0.39 is 0 Å². The maximum atomic E-state index is 5.97. The van der Waals surface area contributed by atoms with Crippen LogP contribution in [0, 0.1) is 0 Å². The van der Waals surface area contributed by atoms with Crippen LogP contribution in [0.25, 0.3) is 0 Å². The van der Waals surface area contributed by atoms with Gasteiger partial charge in [-0.1, -0.05) is 35.9 Å². The first-order valence-corrected chi connectivity index (χ1v) is 7.67. The number of hydrogen-bond acceptors (Lipinski definition) is 2. The number of nitrogens with one attached hydrogen (secondary N) is 2. The lowest BCUT2D eigenvalue weighted by molar-refractivity contribution is 0.654. The van der Waals surface area contributed by atoms with Crippen molar-refractivity contribution >= 4 is 28.9 Å². The number of aromatic nitrogens is 2. The Balaban J connectivity index is 2.23. The highest BCUT2D eigenvalue weighted by molar-refractivity contribution is 7.80. The number of hydrogen-bond donors (Lipinski definition) is 2. The van der Waals surface area contributed by atoms with Crippen molar-refractivity contribution in [2.75, 3.05) is 6.54 Å². The van der Waals surface area contributed by atoms with Gasteiger partial charge in [-0.3, -0.25) is 0 Å². The molecule has 2 rings (SSSR count). The maximum Gasteiger partial charge on any atom is 0.167 e. The van der Waals surface area contributed by atoms with E-state index in [-0.39, 0.29) is 6.04 Å². The predicted molar refractivity (Wildman–Crippen MR) is 95.1 cm³/mol. The highest BCUT2D eigenvalue weighted by Crippen LogP contribution is 2.22. The Morgan fingerprint density at radius 3 is 2.64 bits per heavy atom. The number of aryl methyl sites for hydroxylation is 1. The van der Waals surface area contributed by atoms with Crippen LogP contribution < -0.4 is 10.6 Å². The van der Waals surface area contributed by atoms with E-state index in [1.54, 1.807) is 6.20 Å². The molecule has 0 saturated carbocycles. The molecule has 0 spiro atoms. The lowest BCUT2D eigenvalue weighted by Crippen LogP contribution is -2.39. The molecule has 0 saturated heterocycles. The number of rotatable bonds is 5. The van der Waals surface area contributed by atoms with E-state index >= 15 is 0 Å². The van der Waals surface area contributed by atoms with Gasteiger partial charge >= 0.3 is 0 Å². The fourth-order valence-corrected chi connectivity index (χ4v) is 2.34. The molecule has 0 aliphatic carbocycles. The molecule has 1 heterocycles. The average Bonchev–Trinajstić information content (AvgIpc) is 2.90. The summed E-state index contributed by atoms with van der Waals surface area (Å²) < 4.78 is 1.97. The van der Waals surface area contributed by atoms with Crippen molar-refractivity contribution in [3.63, 3.8) is 0 Å². The molecule has 0 aliphatic heterocycles. The summed E-state index contributed by atoms with van der Waals surface area (Å²) >= 11 is 11.3. The van der Waals surface area contributed by atoms with E-state index in [0.717, 1.165) is 17.0 Å². The van der Waals surface area contributed by atoms with E-state index in [9.17, 15) is 0 Å². The third-order valence-corrected chi connectivity index (χ3v) is 3.66. The Labute approximate surface area is 141 Å². The second-order valence-corrected chi connectivity index (χ2v) is 6.01. The van der Waals surface area contributed by atoms with Crippen molar-refractivity contribution in [2.45, 2.75) is 13.0 Å². The first-order valence-electron chi connectivity index (χ1n) is 6.89. The number of imidazole rings is 1. The van der Waals surface area contributed by atoms with Crippen LogP contribution in [0.5, 0.6) is 0 Å². The molecule has 6 heteroatoms. The van der Waals surface area contributed by atoms with Gasteiger partial charge < -0.3 is 15.2 Å². The molecule has 0 aliphatic rings. The molecule has 0 amide bonds. The van der Waals surface area contributed by atoms with Crippen molar-refractivity contribution in [2.24, 2.45) is 7.05 Å². The quantitative estimate of drug-likeness (QED) is 0.651. The van der Waals surface area contributed by atoms with Crippen molar-refractivity contribution in [3.8, 4) is 0 Å². The molecule has 0 bridgehead atoms. The summed E-state index contributed by atoms with van der Waals surface area (Å²) in [5.74, 6) is 0.877. The SMILES string of the molecule is C=C(C)CNC(=S)N[C@H](c1ccc(Cl)cc1)c1nccn1C. The largest absolute Gasteiger partial charge is 0.359 e. The van der Waals surface area contributed by atoms with Crippen LogP contribution in [0.4, 0.5) is 0 Å². The van der Waals surface area contributed by atoms with Crippen molar-refractivity contribution in [1.29, 1.82) is 0 Å². The van der Waals surface area contributed by atoms with Gasteiger partial charge in [-0.25, -0.2) is 4.98 Å². The second-order valence-electron chi connectivity index (χ2n) is 5.17. The van der Waals surface area contributed by atoms with Crippen LogP contribution in [-0.4, -0.2) is 21.2 Å². The van der Waals surface area contributed by atoms with E-state index in [0.29, 0.717) is 16.7 Å². The van der Waals surface area contributed by atoms with E-state index in [2.05, 4.69) is 22.2 Å². The molecule has 22 heavy (non-hydrogen) atoms. The molecular weight excluding hydrogens is 316 g/mol. The molecule has 1 aromatic heterocycles. The Bertz CT molecular complexity index is 663. The summed E-state index contributed by atoms with van der Waals surface area (Å²) in [6, 6.07) is 7.51. The van der Waals surface area contributed by atoms with Gasteiger partial charge in [-0.15, -0.1) is 0 Å². The minimum atomic E-state index is -0.151. The van der Waals surface area contributed by atoms with Crippen LogP contribution in [0.3, 0.4) is 0 Å². The topological polar surface area (TPSA) is 41.9 Å². The zero-order chi connectivity index (χ0) is 16.1. The molecule has 0 radical (unpaired) electrons. The smallest absolute Gasteiger partial charge is 0.167 e. The van der Waals surface area contributed by atoms with Crippen LogP contribution in [-0.2, 0) is 7.05 Å². The summed E-state index contributed by atoms with van der Waals surface area (Å²) in [6.45, 7) is 6.45. The summed E-state index contributed by atoms with van der Waals surface area (Å²) in [4.78, 5) is 4.43. The Kier molecular flexibility index (Phi) is 5.57. The summed E-state index contributed by atoms with van der Waals surface area (Å²) in [7, 11) is 1.96. The lowest BCUT2D eigenvalue weighted by atomic mass is 10.1. The third-order valence-electron chi connectivity index (χ3n) is 3.15. The van der Waals surface area contributed by atoms with Gasteiger partial charge in [-0.2, -0.15) is 0 Å². The monoisotopic (exact) mass is 334 g/mol. The molecule has 0 fully saturated rings. The van der Waals surface area contributed by atoms with Gasteiger partial charge in [0.05, 0.1) is 0 Å². The zero-order valence-corrected chi connectivity index (χ0v) is 14.2. The molecule has 116 valence electrons. The molecule has 2 N–H and O–H groups in total. The van der Waals surface area contributed by atoms with Crippen molar-refractivity contribution in [3.05, 3.63) is 65.2 Å². The summed E-state index contributed by atoms with van der Waals surface area (Å²) in [5, 5.41) is 7.70. The third kappa shape index (κ3) is 4.32. The molecule has 1 atom stereocenters. The molecule has 4 nitrogen and oxygen atoms in total. The Morgan fingerprint density at radius 1 is 1.41 bits per heavy atom. The van der Waals surface area contributed by atoms with Gasteiger partial charge in [0.2, 0.25) is 0 Å². The van der Waals surface area contributed by atoms with Crippen molar-refractivity contribution < 1.29 is 0 Å². The zero-order valence-electron chi connectivity index (χ0n) is 12.6. The normalized spacial score (nSPS) is 11.8. The van der Waals surface area contributed by atoms with E-state index in [1.165, 1.54) is 0 Å². The van der Waals surface area contributed by atoms with Gasteiger partial charge in [0.25, 0.3) is 0 Å².